The summed E-state index contributed by atoms with van der Waals surface area (Å²) in [5.74, 6) is -0.423. The molecule has 0 rings (SSSR count). The second kappa shape index (κ2) is 5.73. The van der Waals surface area contributed by atoms with Gasteiger partial charge >= 0.3 is 5.97 Å². The lowest BCUT2D eigenvalue weighted by Gasteiger charge is -2.02. The van der Waals surface area contributed by atoms with E-state index < -0.39 is 12.2 Å². The first-order chi connectivity index (χ1) is 5.16. The smallest absolute Gasteiger partial charge is 0.333 e. The van der Waals surface area contributed by atoms with Crippen molar-refractivity contribution in [3.05, 3.63) is 12.3 Å². The van der Waals surface area contributed by atoms with E-state index in [2.05, 4.69) is 4.74 Å². The zero-order valence-corrected chi connectivity index (χ0v) is 6.74. The molecule has 0 bridgehead atoms. The van der Waals surface area contributed by atoms with E-state index in [4.69, 9.17) is 10.5 Å². The average Bonchev–Trinajstić information content (AvgIpc) is 1.87. The van der Waals surface area contributed by atoms with Gasteiger partial charge < -0.3 is 9.47 Å². The summed E-state index contributed by atoms with van der Waals surface area (Å²) in [6, 6.07) is 0. The van der Waals surface area contributed by atoms with Gasteiger partial charge in [-0.05, 0) is 13.8 Å². The number of rotatable bonds is 4. The van der Waals surface area contributed by atoms with Crippen LogP contribution in [0.5, 0.6) is 0 Å². The maximum atomic E-state index is 10.6. The van der Waals surface area contributed by atoms with E-state index in [1.54, 1.807) is 13.8 Å². The van der Waals surface area contributed by atoms with Crippen LogP contribution in [-0.2, 0) is 14.3 Å². The number of hydrogen-bond donors (Lipinski definition) is 1. The van der Waals surface area contributed by atoms with Crippen LogP contribution in [0.4, 0.5) is 0 Å². The largest absolute Gasteiger partial charge is 0.483 e. The third kappa shape index (κ3) is 6.86. The molecule has 0 spiro atoms. The zero-order chi connectivity index (χ0) is 8.69. The van der Waals surface area contributed by atoms with Crippen molar-refractivity contribution in [2.45, 2.75) is 20.1 Å². The second-order valence-corrected chi connectivity index (χ2v) is 1.90. The van der Waals surface area contributed by atoms with Gasteiger partial charge in [0.05, 0.1) is 18.9 Å². The minimum Gasteiger partial charge on any atom is -0.483 e. The molecular formula is C7H13NO3. The molecule has 0 saturated carbocycles. The van der Waals surface area contributed by atoms with Crippen molar-refractivity contribution in [3.8, 4) is 0 Å². The minimum absolute atomic E-state index is 0.362. The van der Waals surface area contributed by atoms with Gasteiger partial charge in [-0.1, -0.05) is 0 Å². The van der Waals surface area contributed by atoms with E-state index in [9.17, 15) is 4.79 Å². The molecule has 0 aromatic carbocycles. The molecule has 0 aromatic rings. The molecule has 0 heterocycles. The first-order valence-corrected chi connectivity index (χ1v) is 3.41. The van der Waals surface area contributed by atoms with Crippen LogP contribution in [0.1, 0.15) is 13.8 Å². The van der Waals surface area contributed by atoms with Crippen molar-refractivity contribution < 1.29 is 14.3 Å². The summed E-state index contributed by atoms with van der Waals surface area (Å²) in [5.41, 5.74) is 5.23. The second-order valence-electron chi connectivity index (χ2n) is 1.90. The van der Waals surface area contributed by atoms with Crippen LogP contribution in [-0.4, -0.2) is 18.8 Å². The molecule has 0 aliphatic carbocycles. The Labute approximate surface area is 66.0 Å². The molecule has 0 saturated heterocycles. The minimum atomic E-state index is -0.423. The van der Waals surface area contributed by atoms with Crippen LogP contribution in [0.25, 0.3) is 0 Å². The highest BCUT2D eigenvalue weighted by atomic mass is 16.5. The number of hydrogen-bond acceptors (Lipinski definition) is 4. The lowest BCUT2D eigenvalue weighted by atomic mass is 10.6. The Morgan fingerprint density at radius 2 is 2.36 bits per heavy atom. The summed E-state index contributed by atoms with van der Waals surface area (Å²) in [7, 11) is 0. The van der Waals surface area contributed by atoms with Gasteiger partial charge in [0.1, 0.15) is 6.23 Å². The lowest BCUT2D eigenvalue weighted by Crippen LogP contribution is -2.16. The van der Waals surface area contributed by atoms with Crippen LogP contribution in [0, 0.1) is 0 Å². The van der Waals surface area contributed by atoms with Crippen molar-refractivity contribution in [2.75, 3.05) is 6.61 Å². The summed E-state index contributed by atoms with van der Waals surface area (Å²) in [5, 5.41) is 0. The highest BCUT2D eigenvalue weighted by Crippen LogP contribution is 1.85. The van der Waals surface area contributed by atoms with E-state index in [1.807, 2.05) is 0 Å². The first kappa shape index (κ1) is 9.97. The summed E-state index contributed by atoms with van der Waals surface area (Å²) in [6.45, 7) is 3.76. The predicted octanol–water partition coefficient (Wildman–Crippen LogP) is 0.384. The summed E-state index contributed by atoms with van der Waals surface area (Å²) in [4.78, 5) is 10.6. The standard InChI is InChI=1S/C7H13NO3/c1-3-10-7(9)4-5-11-6(2)8/h4-6H,3,8H2,1-2H3/b5-4+. The van der Waals surface area contributed by atoms with Gasteiger partial charge in [-0.3, -0.25) is 5.73 Å². The molecular weight excluding hydrogens is 146 g/mol. The molecule has 2 N–H and O–H groups in total. The van der Waals surface area contributed by atoms with Gasteiger partial charge in [-0.2, -0.15) is 0 Å². The van der Waals surface area contributed by atoms with Crippen molar-refractivity contribution in [1.29, 1.82) is 0 Å². The number of carbonyl (C=O) groups excluding carboxylic acids is 1. The molecule has 0 radical (unpaired) electrons. The van der Waals surface area contributed by atoms with E-state index >= 15 is 0 Å². The lowest BCUT2D eigenvalue weighted by molar-refractivity contribution is -0.137. The Balaban J connectivity index is 3.48. The Morgan fingerprint density at radius 1 is 1.73 bits per heavy atom. The number of nitrogens with two attached hydrogens (primary N) is 1. The predicted molar refractivity (Wildman–Crippen MR) is 40.5 cm³/mol. The molecule has 4 heteroatoms. The van der Waals surface area contributed by atoms with Crippen LogP contribution in [0.2, 0.25) is 0 Å². The Bertz CT molecular complexity index is 143. The first-order valence-electron chi connectivity index (χ1n) is 3.41. The van der Waals surface area contributed by atoms with Crippen molar-refractivity contribution >= 4 is 5.97 Å². The highest BCUT2D eigenvalue weighted by molar-refractivity contribution is 5.81. The maximum absolute atomic E-state index is 10.6. The SMILES string of the molecule is CCOC(=O)/C=C/OC(C)N. The molecule has 11 heavy (non-hydrogen) atoms. The van der Waals surface area contributed by atoms with E-state index in [0.29, 0.717) is 6.61 Å². The Hall–Kier alpha value is -1.03. The fraction of sp³-hybridized carbons (Fsp3) is 0.571. The zero-order valence-electron chi connectivity index (χ0n) is 6.74. The van der Waals surface area contributed by atoms with E-state index in [1.165, 1.54) is 12.3 Å². The van der Waals surface area contributed by atoms with Crippen LogP contribution in [0.3, 0.4) is 0 Å². The van der Waals surface area contributed by atoms with Gasteiger partial charge in [0.25, 0.3) is 0 Å². The molecule has 0 fully saturated rings. The van der Waals surface area contributed by atoms with Crippen LogP contribution >= 0.6 is 0 Å². The van der Waals surface area contributed by atoms with Gasteiger partial charge in [-0.15, -0.1) is 0 Å². The normalized spacial score (nSPS) is 13.0. The Morgan fingerprint density at radius 3 is 2.82 bits per heavy atom. The molecule has 0 aromatic heterocycles. The third-order valence-electron chi connectivity index (χ3n) is 0.784. The molecule has 1 atom stereocenters. The molecule has 0 amide bonds. The fourth-order valence-electron chi connectivity index (χ4n) is 0.409. The summed E-state index contributed by atoms with van der Waals surface area (Å²) >= 11 is 0. The maximum Gasteiger partial charge on any atom is 0.333 e. The van der Waals surface area contributed by atoms with Crippen molar-refractivity contribution in [2.24, 2.45) is 5.73 Å². The summed E-state index contributed by atoms with van der Waals surface area (Å²) < 4.78 is 9.33. The topological polar surface area (TPSA) is 61.5 Å². The average molecular weight is 159 g/mol. The molecule has 0 aliphatic rings. The summed E-state index contributed by atoms with van der Waals surface area (Å²) in [6.07, 6.45) is 2.01. The van der Waals surface area contributed by atoms with Gasteiger partial charge in [0.15, 0.2) is 0 Å². The number of carbonyl (C=O) groups is 1. The van der Waals surface area contributed by atoms with Gasteiger partial charge in [0, 0.05) is 0 Å². The molecule has 64 valence electrons. The number of esters is 1. The van der Waals surface area contributed by atoms with Crippen molar-refractivity contribution in [1.82, 2.24) is 0 Å². The van der Waals surface area contributed by atoms with Gasteiger partial charge in [0.2, 0.25) is 0 Å². The van der Waals surface area contributed by atoms with E-state index in [0.717, 1.165) is 0 Å². The number of ether oxygens (including phenoxy) is 2. The van der Waals surface area contributed by atoms with Crippen LogP contribution in [0.15, 0.2) is 12.3 Å². The molecule has 4 nitrogen and oxygen atoms in total. The monoisotopic (exact) mass is 159 g/mol. The van der Waals surface area contributed by atoms with Gasteiger partial charge in [-0.25, -0.2) is 4.79 Å². The molecule has 0 aliphatic heterocycles. The quantitative estimate of drug-likeness (QED) is 0.279. The third-order valence-corrected chi connectivity index (χ3v) is 0.784. The molecule has 1 unspecified atom stereocenters. The highest BCUT2D eigenvalue weighted by Gasteiger charge is 1.93. The van der Waals surface area contributed by atoms with Crippen molar-refractivity contribution in [3.63, 3.8) is 0 Å². The fourth-order valence-corrected chi connectivity index (χ4v) is 0.409. The van der Waals surface area contributed by atoms with Crippen LogP contribution < -0.4 is 5.73 Å². The Kier molecular flexibility index (Phi) is 5.20. The van der Waals surface area contributed by atoms with E-state index in [-0.39, 0.29) is 0 Å².